The van der Waals surface area contributed by atoms with E-state index in [-0.39, 0.29) is 16.7 Å². The van der Waals surface area contributed by atoms with Crippen LogP contribution < -0.4 is 5.73 Å². The highest BCUT2D eigenvalue weighted by Gasteiger charge is 2.25. The first kappa shape index (κ1) is 13.0. The summed E-state index contributed by atoms with van der Waals surface area (Å²) in [5.41, 5.74) is 8.58. The van der Waals surface area contributed by atoms with Crippen LogP contribution in [0, 0.1) is 16.0 Å². The lowest BCUT2D eigenvalue weighted by Crippen LogP contribution is -2.20. The summed E-state index contributed by atoms with van der Waals surface area (Å²) in [6, 6.07) is 5.04. The van der Waals surface area contributed by atoms with Gasteiger partial charge in [-0.3, -0.25) is 10.1 Å². The fourth-order valence-electron chi connectivity index (χ4n) is 2.90. The van der Waals surface area contributed by atoms with Gasteiger partial charge < -0.3 is 5.73 Å². The van der Waals surface area contributed by atoms with Crippen molar-refractivity contribution in [3.63, 3.8) is 0 Å². The number of rotatable bonds is 4. The number of nitrogens with two attached hydrogens (primary N) is 1. The molecule has 4 nitrogen and oxygen atoms in total. The number of aryl methyl sites for hydroxylation is 1. The smallest absolute Gasteiger partial charge is 0.269 e. The zero-order chi connectivity index (χ0) is 13.1. The summed E-state index contributed by atoms with van der Waals surface area (Å²) in [5.74, 6) is 0.484. The van der Waals surface area contributed by atoms with E-state index in [2.05, 4.69) is 6.92 Å². The lowest BCUT2D eigenvalue weighted by atomic mass is 9.88. The lowest BCUT2D eigenvalue weighted by molar-refractivity contribution is -0.385. The van der Waals surface area contributed by atoms with E-state index in [0.29, 0.717) is 5.92 Å². The van der Waals surface area contributed by atoms with Crippen LogP contribution >= 0.6 is 0 Å². The molecule has 0 radical (unpaired) electrons. The predicted octanol–water partition coefficient (Wildman–Crippen LogP) is 3.35. The van der Waals surface area contributed by atoms with E-state index in [1.165, 1.54) is 12.8 Å². The second-order valence-electron chi connectivity index (χ2n) is 5.06. The number of nitro groups is 1. The van der Waals surface area contributed by atoms with Gasteiger partial charge in [-0.1, -0.05) is 25.8 Å². The topological polar surface area (TPSA) is 69.2 Å². The van der Waals surface area contributed by atoms with Crippen LogP contribution in [-0.4, -0.2) is 4.92 Å². The van der Waals surface area contributed by atoms with Crippen LogP contribution in [0.1, 0.15) is 49.8 Å². The Bertz CT molecular complexity index is 439. The number of hydrogen-bond acceptors (Lipinski definition) is 3. The van der Waals surface area contributed by atoms with E-state index in [1.54, 1.807) is 12.1 Å². The monoisotopic (exact) mass is 248 g/mol. The molecule has 2 rings (SSSR count). The molecule has 0 saturated heterocycles. The predicted molar refractivity (Wildman–Crippen MR) is 71.4 cm³/mol. The van der Waals surface area contributed by atoms with Crippen LogP contribution in [0.25, 0.3) is 0 Å². The Morgan fingerprint density at radius 1 is 1.44 bits per heavy atom. The van der Waals surface area contributed by atoms with Gasteiger partial charge in [-0.2, -0.15) is 0 Å². The number of nitro benzene ring substituents is 1. The number of nitrogens with zero attached hydrogens (tertiary/aromatic N) is 1. The SMILES string of the molecule is CCc1ccc([N+](=O)[O-])cc1C(N)C1CCCC1. The third-order valence-corrected chi connectivity index (χ3v) is 3.99. The molecule has 0 bridgehead atoms. The highest BCUT2D eigenvalue weighted by Crippen LogP contribution is 2.36. The second kappa shape index (κ2) is 5.48. The fraction of sp³-hybridized carbons (Fsp3) is 0.571. The van der Waals surface area contributed by atoms with Crippen LogP contribution in [0.3, 0.4) is 0 Å². The Morgan fingerprint density at radius 3 is 2.67 bits per heavy atom. The molecule has 1 saturated carbocycles. The largest absolute Gasteiger partial charge is 0.324 e. The van der Waals surface area contributed by atoms with Gasteiger partial charge in [-0.15, -0.1) is 0 Å². The first-order chi connectivity index (χ1) is 8.63. The third-order valence-electron chi connectivity index (χ3n) is 3.99. The Morgan fingerprint density at radius 2 is 2.11 bits per heavy atom. The van der Waals surface area contributed by atoms with Crippen molar-refractivity contribution in [2.75, 3.05) is 0 Å². The van der Waals surface area contributed by atoms with Crippen LogP contribution in [0.15, 0.2) is 18.2 Å². The van der Waals surface area contributed by atoms with Crippen molar-refractivity contribution >= 4 is 5.69 Å². The standard InChI is InChI=1S/C14H20N2O2/c1-2-10-7-8-12(16(17)18)9-13(10)14(15)11-5-3-4-6-11/h7-9,11,14H,2-6,15H2,1H3. The minimum Gasteiger partial charge on any atom is -0.324 e. The number of hydrogen-bond donors (Lipinski definition) is 1. The summed E-state index contributed by atoms with van der Waals surface area (Å²) in [6.07, 6.45) is 5.62. The van der Waals surface area contributed by atoms with Gasteiger partial charge >= 0.3 is 0 Å². The summed E-state index contributed by atoms with van der Waals surface area (Å²) >= 11 is 0. The van der Waals surface area contributed by atoms with Crippen molar-refractivity contribution in [1.29, 1.82) is 0 Å². The molecule has 2 N–H and O–H groups in total. The molecule has 1 aliphatic carbocycles. The van der Waals surface area contributed by atoms with Gasteiger partial charge in [-0.25, -0.2) is 0 Å². The average molecular weight is 248 g/mol. The van der Waals surface area contributed by atoms with Crippen molar-refractivity contribution in [3.8, 4) is 0 Å². The Balaban J connectivity index is 2.33. The molecular formula is C14H20N2O2. The molecule has 0 spiro atoms. The van der Waals surface area contributed by atoms with Gasteiger partial charge in [0.2, 0.25) is 0 Å². The van der Waals surface area contributed by atoms with Crippen LogP contribution in [0.4, 0.5) is 5.69 Å². The summed E-state index contributed by atoms with van der Waals surface area (Å²) in [4.78, 5) is 10.5. The van der Waals surface area contributed by atoms with Gasteiger partial charge in [0.1, 0.15) is 0 Å². The lowest BCUT2D eigenvalue weighted by Gasteiger charge is -2.21. The normalized spacial score (nSPS) is 17.9. The molecular weight excluding hydrogens is 228 g/mol. The van der Waals surface area contributed by atoms with Gasteiger partial charge in [-0.05, 0) is 36.3 Å². The summed E-state index contributed by atoms with van der Waals surface area (Å²) < 4.78 is 0. The summed E-state index contributed by atoms with van der Waals surface area (Å²) in [7, 11) is 0. The Hall–Kier alpha value is -1.42. The minimum absolute atomic E-state index is 0.0534. The first-order valence-corrected chi connectivity index (χ1v) is 6.66. The first-order valence-electron chi connectivity index (χ1n) is 6.66. The van der Waals surface area contributed by atoms with Gasteiger partial charge in [0.15, 0.2) is 0 Å². The maximum Gasteiger partial charge on any atom is 0.269 e. The molecule has 0 heterocycles. The number of benzene rings is 1. The van der Waals surface area contributed by atoms with Crippen molar-refractivity contribution in [2.45, 2.75) is 45.1 Å². The van der Waals surface area contributed by atoms with Gasteiger partial charge in [0.05, 0.1) is 4.92 Å². The summed E-state index contributed by atoms with van der Waals surface area (Å²) in [6.45, 7) is 2.06. The quantitative estimate of drug-likeness (QED) is 0.656. The molecule has 0 amide bonds. The average Bonchev–Trinajstić information content (AvgIpc) is 2.90. The molecule has 98 valence electrons. The second-order valence-corrected chi connectivity index (χ2v) is 5.06. The molecule has 18 heavy (non-hydrogen) atoms. The third kappa shape index (κ3) is 2.53. The molecule has 0 aromatic heterocycles. The van der Waals surface area contributed by atoms with E-state index in [0.717, 1.165) is 30.4 Å². The number of non-ortho nitro benzene ring substituents is 1. The zero-order valence-electron chi connectivity index (χ0n) is 10.8. The molecule has 4 heteroatoms. The molecule has 1 aromatic rings. The van der Waals surface area contributed by atoms with Crippen LogP contribution in [-0.2, 0) is 6.42 Å². The maximum absolute atomic E-state index is 10.9. The van der Waals surface area contributed by atoms with Crippen molar-refractivity contribution in [2.24, 2.45) is 11.7 Å². The molecule has 1 aliphatic rings. The van der Waals surface area contributed by atoms with E-state index in [1.807, 2.05) is 6.07 Å². The zero-order valence-corrected chi connectivity index (χ0v) is 10.8. The van der Waals surface area contributed by atoms with E-state index >= 15 is 0 Å². The molecule has 0 aliphatic heterocycles. The van der Waals surface area contributed by atoms with E-state index in [4.69, 9.17) is 5.73 Å². The fourth-order valence-corrected chi connectivity index (χ4v) is 2.90. The Kier molecular flexibility index (Phi) is 3.97. The molecule has 1 aromatic carbocycles. The molecule has 1 fully saturated rings. The van der Waals surface area contributed by atoms with Crippen LogP contribution in [0.2, 0.25) is 0 Å². The highest BCUT2D eigenvalue weighted by atomic mass is 16.6. The van der Waals surface area contributed by atoms with Crippen LogP contribution in [0.5, 0.6) is 0 Å². The highest BCUT2D eigenvalue weighted by molar-refractivity contribution is 5.41. The van der Waals surface area contributed by atoms with E-state index < -0.39 is 0 Å². The maximum atomic E-state index is 10.9. The van der Waals surface area contributed by atoms with Gasteiger partial charge in [0, 0.05) is 18.2 Å². The summed E-state index contributed by atoms with van der Waals surface area (Å²) in [5, 5.41) is 10.9. The minimum atomic E-state index is -0.343. The van der Waals surface area contributed by atoms with Crippen molar-refractivity contribution < 1.29 is 4.92 Å². The van der Waals surface area contributed by atoms with Gasteiger partial charge in [0.25, 0.3) is 5.69 Å². The molecule has 1 atom stereocenters. The van der Waals surface area contributed by atoms with Crippen molar-refractivity contribution in [1.82, 2.24) is 0 Å². The molecule has 1 unspecified atom stereocenters. The van der Waals surface area contributed by atoms with Crippen molar-refractivity contribution in [3.05, 3.63) is 39.4 Å². The Labute approximate surface area is 107 Å². The van der Waals surface area contributed by atoms with E-state index in [9.17, 15) is 10.1 Å².